The molecular formula is C62H71N9O6S. The lowest BCUT2D eigenvalue weighted by Gasteiger charge is -2.39. The summed E-state index contributed by atoms with van der Waals surface area (Å²) in [7, 11) is 1.95. The average Bonchev–Trinajstić information content (AvgIpc) is 4.11. The molecule has 3 fully saturated rings. The Bertz CT molecular complexity index is 3370. The van der Waals surface area contributed by atoms with Gasteiger partial charge in [0.1, 0.15) is 17.2 Å². The molecule has 2 atom stereocenters. The molecule has 3 aliphatic heterocycles. The summed E-state index contributed by atoms with van der Waals surface area (Å²) in [4.78, 5) is 69.5. The number of benzene rings is 4. The molecule has 4 aromatic carbocycles. The Morgan fingerprint density at radius 3 is 2.40 bits per heavy atom. The Balaban J connectivity index is 0.691. The van der Waals surface area contributed by atoms with Crippen LogP contribution in [-0.4, -0.2) is 98.8 Å². The summed E-state index contributed by atoms with van der Waals surface area (Å²) in [5, 5.41) is 11.9. The molecule has 2 N–H and O–H groups in total. The van der Waals surface area contributed by atoms with Crippen molar-refractivity contribution in [2.45, 2.75) is 129 Å². The number of hydrogen-bond donors (Lipinski definition) is 2. The van der Waals surface area contributed by atoms with Crippen molar-refractivity contribution in [1.82, 2.24) is 30.0 Å². The average molecular weight is 1070 g/mol. The minimum atomic E-state index is -0.733. The van der Waals surface area contributed by atoms with Crippen molar-refractivity contribution in [2.24, 2.45) is 13.0 Å². The third kappa shape index (κ3) is 11.2. The minimum absolute atomic E-state index is 0.118. The van der Waals surface area contributed by atoms with Crippen LogP contribution in [0.1, 0.15) is 135 Å². The van der Waals surface area contributed by atoms with Crippen LogP contribution in [0.15, 0.2) is 91.0 Å². The van der Waals surface area contributed by atoms with E-state index < -0.39 is 17.5 Å². The summed E-state index contributed by atoms with van der Waals surface area (Å²) < 4.78 is 15.7. The zero-order chi connectivity index (χ0) is 54.2. The van der Waals surface area contributed by atoms with Gasteiger partial charge in [-0.1, -0.05) is 72.7 Å². The lowest BCUT2D eigenvalue weighted by Crippen LogP contribution is -2.49. The smallest absolute Gasteiger partial charge is 0.358 e. The third-order valence-corrected chi connectivity index (χ3v) is 17.4. The zero-order valence-electron chi connectivity index (χ0n) is 45.8. The van der Waals surface area contributed by atoms with Crippen LogP contribution in [0.2, 0.25) is 0 Å². The van der Waals surface area contributed by atoms with Crippen molar-refractivity contribution < 1.29 is 28.7 Å². The van der Waals surface area contributed by atoms with Gasteiger partial charge in [-0.3, -0.25) is 34.6 Å². The molecule has 3 amide bonds. The van der Waals surface area contributed by atoms with E-state index in [0.29, 0.717) is 66.4 Å². The molecule has 11 rings (SSSR count). The van der Waals surface area contributed by atoms with Crippen molar-refractivity contribution in [3.05, 3.63) is 125 Å². The fourth-order valence-electron chi connectivity index (χ4n) is 12.3. The number of fused-ring (bicyclic) bond motifs is 3. The van der Waals surface area contributed by atoms with Gasteiger partial charge in [-0.25, -0.2) is 14.8 Å². The number of esters is 1. The molecule has 0 bridgehead atoms. The third-order valence-electron chi connectivity index (χ3n) is 16.4. The van der Waals surface area contributed by atoms with Crippen molar-refractivity contribution in [3.63, 3.8) is 0 Å². The Hall–Kier alpha value is -7.17. The maximum atomic E-state index is 14.2. The summed E-state index contributed by atoms with van der Waals surface area (Å²) in [6, 6.07) is 30.5. The number of carbonyl (C=O) groups excluding carboxylic acids is 4. The van der Waals surface area contributed by atoms with Gasteiger partial charge in [0.25, 0.3) is 5.91 Å². The standard InChI is InChI=1S/C62H71N9O6S/c1-38(69-33-35-70(36-34-69)50-20-11-18-46-55(67-68(6)57(46)50)47-28-30-54(72)65-59(47)74)13-9-14-40-23-25-42(26-24-40)76-51-21-12-16-43(39(51)2)44-27-29-53(64-56(44)60(75)77-62(3,4)5)71-32-31-41-15-10-17-45(48(41)37-71)58(73)66-61-63-49-19-7-8-22-52(49)78-61/h7-8,10-12,15-22,27,29,38,40,42,47H,9,13-14,23-26,28,30-37H2,1-6H3,(H,63,66,73)(H,65,72,74)/t38-,40?,42?,47-/m0/s1. The number of carbonyl (C=O) groups is 4. The first-order chi connectivity index (χ1) is 37.6. The number of aryl methyl sites for hydroxylation is 1. The highest BCUT2D eigenvalue weighted by atomic mass is 32.1. The van der Waals surface area contributed by atoms with E-state index in [1.807, 2.05) is 99.2 Å². The Kier molecular flexibility index (Phi) is 15.1. The first-order valence-electron chi connectivity index (χ1n) is 28.0. The number of pyridine rings is 1. The van der Waals surface area contributed by atoms with Crippen LogP contribution >= 0.6 is 11.3 Å². The highest BCUT2D eigenvalue weighted by molar-refractivity contribution is 7.22. The van der Waals surface area contributed by atoms with E-state index in [1.165, 1.54) is 30.6 Å². The van der Waals surface area contributed by atoms with E-state index in [2.05, 4.69) is 68.4 Å². The van der Waals surface area contributed by atoms with Crippen molar-refractivity contribution in [3.8, 4) is 16.9 Å². The first-order valence-corrected chi connectivity index (χ1v) is 28.8. The van der Waals surface area contributed by atoms with Gasteiger partial charge in [0.05, 0.1) is 39.1 Å². The second-order valence-corrected chi connectivity index (χ2v) is 23.8. The summed E-state index contributed by atoms with van der Waals surface area (Å²) in [6.45, 7) is 15.0. The van der Waals surface area contributed by atoms with Crippen LogP contribution in [-0.2, 0) is 34.3 Å². The molecule has 1 aliphatic carbocycles. The van der Waals surface area contributed by atoms with Crippen molar-refractivity contribution in [1.29, 1.82) is 0 Å². The number of piperazine rings is 1. The second kappa shape index (κ2) is 22.3. The van der Waals surface area contributed by atoms with E-state index >= 15 is 0 Å². The van der Waals surface area contributed by atoms with Crippen molar-refractivity contribution >= 4 is 72.8 Å². The number of ether oxygens (including phenoxy) is 2. The molecule has 0 unspecified atom stereocenters. The summed E-state index contributed by atoms with van der Waals surface area (Å²) >= 11 is 1.45. The summed E-state index contributed by atoms with van der Waals surface area (Å²) in [5.74, 6) is 0.567. The molecule has 1 saturated carbocycles. The second-order valence-electron chi connectivity index (χ2n) is 22.8. The Morgan fingerprint density at radius 2 is 1.62 bits per heavy atom. The van der Waals surface area contributed by atoms with E-state index in [0.717, 1.165) is 112 Å². The van der Waals surface area contributed by atoms with E-state index in [1.54, 1.807) is 0 Å². The highest BCUT2D eigenvalue weighted by Crippen LogP contribution is 2.39. The number of nitrogens with one attached hydrogen (secondary N) is 2. The highest BCUT2D eigenvalue weighted by Gasteiger charge is 2.34. The van der Waals surface area contributed by atoms with Crippen LogP contribution in [0.4, 0.5) is 16.6 Å². The number of aromatic nitrogens is 4. The molecule has 6 heterocycles. The van der Waals surface area contributed by atoms with Crippen molar-refractivity contribution in [2.75, 3.05) is 47.8 Å². The number of anilines is 3. The lowest BCUT2D eigenvalue weighted by molar-refractivity contribution is -0.134. The molecule has 16 heteroatoms. The number of rotatable bonds is 14. The van der Waals surface area contributed by atoms with Gasteiger partial charge in [-0.2, -0.15) is 5.10 Å². The molecule has 78 heavy (non-hydrogen) atoms. The molecule has 7 aromatic rings. The predicted octanol–water partition coefficient (Wildman–Crippen LogP) is 11.2. The van der Waals surface area contributed by atoms with Gasteiger partial charge in [0, 0.05) is 75.3 Å². The lowest BCUT2D eigenvalue weighted by atomic mass is 9.84. The SMILES string of the molecule is Cc1c(OC2CCC(CCC[C@H](C)N3CCN(c4cccc5c([C@@H]6CCC(=O)NC6=O)nn(C)c45)CC3)CC2)cccc1-c1ccc(N2CCc3cccc(C(=O)Nc4nc5ccccc5s4)c3C2)nc1C(=O)OC(C)(C)C. The fourth-order valence-corrected chi connectivity index (χ4v) is 13.1. The molecule has 2 saturated heterocycles. The van der Waals surface area contributed by atoms with Gasteiger partial charge in [0.15, 0.2) is 10.8 Å². The van der Waals surface area contributed by atoms with Gasteiger partial charge >= 0.3 is 5.97 Å². The minimum Gasteiger partial charge on any atom is -0.490 e. The zero-order valence-corrected chi connectivity index (χ0v) is 46.6. The molecule has 3 aromatic heterocycles. The molecule has 15 nitrogen and oxygen atoms in total. The normalized spacial score (nSPS) is 19.6. The fraction of sp³-hybridized carbons (Fsp3) is 0.435. The maximum Gasteiger partial charge on any atom is 0.358 e. The van der Waals surface area contributed by atoms with Crippen LogP contribution in [0, 0.1) is 12.8 Å². The van der Waals surface area contributed by atoms with Crippen LogP contribution < -0.4 is 25.2 Å². The van der Waals surface area contributed by atoms with E-state index in [-0.39, 0.29) is 29.5 Å². The molecule has 0 radical (unpaired) electrons. The number of para-hydroxylation sites is 2. The van der Waals surface area contributed by atoms with E-state index in [4.69, 9.17) is 19.6 Å². The number of imide groups is 1. The van der Waals surface area contributed by atoms with Crippen LogP contribution in [0.3, 0.4) is 0 Å². The predicted molar refractivity (Wildman–Crippen MR) is 308 cm³/mol. The number of hydrogen-bond acceptors (Lipinski definition) is 13. The molecule has 0 spiro atoms. The van der Waals surface area contributed by atoms with Gasteiger partial charge < -0.3 is 19.3 Å². The largest absolute Gasteiger partial charge is 0.490 e. The number of thiazole rings is 1. The van der Waals surface area contributed by atoms with Gasteiger partial charge in [0.2, 0.25) is 11.8 Å². The first kappa shape index (κ1) is 52.9. The Morgan fingerprint density at radius 1 is 0.833 bits per heavy atom. The maximum absolute atomic E-state index is 14.2. The topological polar surface area (TPSA) is 164 Å². The monoisotopic (exact) mass is 1070 g/mol. The number of amides is 3. The molecule has 406 valence electrons. The summed E-state index contributed by atoms with van der Waals surface area (Å²) in [5.41, 5.74) is 8.47. The van der Waals surface area contributed by atoms with Gasteiger partial charge in [-0.15, -0.1) is 0 Å². The molecule has 4 aliphatic rings. The number of piperidine rings is 1. The summed E-state index contributed by atoms with van der Waals surface area (Å²) in [6.07, 6.45) is 9.57. The van der Waals surface area contributed by atoms with E-state index in [9.17, 15) is 19.2 Å². The molecular weight excluding hydrogens is 999 g/mol. The quantitative estimate of drug-likeness (QED) is 0.0784. The van der Waals surface area contributed by atoms with Gasteiger partial charge in [-0.05, 0) is 150 Å². The van der Waals surface area contributed by atoms with Crippen LogP contribution in [0.25, 0.3) is 32.2 Å². The number of nitrogens with zero attached hydrogens (tertiary/aromatic N) is 7. The van der Waals surface area contributed by atoms with Crippen LogP contribution in [0.5, 0.6) is 5.75 Å². The Labute approximate surface area is 460 Å².